The van der Waals surface area contributed by atoms with Gasteiger partial charge in [-0.05, 0) is 45.1 Å². The Kier molecular flexibility index (Phi) is 3.34. The van der Waals surface area contributed by atoms with Crippen LogP contribution in [-0.4, -0.2) is 30.7 Å². The number of piperidine rings is 1. The van der Waals surface area contributed by atoms with Crippen molar-refractivity contribution in [2.24, 2.45) is 5.92 Å². The molecule has 0 radical (unpaired) electrons. The van der Waals surface area contributed by atoms with Crippen LogP contribution >= 0.6 is 11.3 Å². The predicted octanol–water partition coefficient (Wildman–Crippen LogP) is 2.42. The maximum Gasteiger partial charge on any atom is 0.185 e. The Morgan fingerprint density at radius 3 is 3.06 bits per heavy atom. The molecule has 1 aromatic heterocycles. The van der Waals surface area contributed by atoms with Crippen molar-refractivity contribution in [1.29, 1.82) is 0 Å². The molecule has 1 saturated heterocycles. The van der Waals surface area contributed by atoms with Crippen LogP contribution in [0, 0.1) is 12.8 Å². The molecule has 0 spiro atoms. The summed E-state index contributed by atoms with van der Waals surface area (Å²) in [4.78, 5) is 7.07. The number of rotatable bonds is 4. The smallest absolute Gasteiger partial charge is 0.185 e. The molecule has 0 bridgehead atoms. The lowest BCUT2D eigenvalue weighted by molar-refractivity contribution is 0.391. The Balaban J connectivity index is 1.54. The van der Waals surface area contributed by atoms with E-state index in [2.05, 4.69) is 27.5 Å². The fourth-order valence-electron chi connectivity index (χ4n) is 2.51. The molecule has 94 valence electrons. The van der Waals surface area contributed by atoms with Gasteiger partial charge in [0.15, 0.2) is 5.13 Å². The fourth-order valence-corrected chi connectivity index (χ4v) is 3.35. The zero-order chi connectivity index (χ0) is 11.7. The molecule has 1 aliphatic carbocycles. The molecule has 0 aromatic carbocycles. The molecule has 1 atom stereocenters. The molecule has 1 N–H and O–H groups in total. The molecule has 2 fully saturated rings. The van der Waals surface area contributed by atoms with Crippen LogP contribution in [0.25, 0.3) is 0 Å². The SMILES string of the molecule is Cc1csc(N2CCCC(CNC3CC3)C2)n1. The number of nitrogens with zero attached hydrogens (tertiary/aromatic N) is 2. The van der Waals surface area contributed by atoms with E-state index in [0.29, 0.717) is 0 Å². The van der Waals surface area contributed by atoms with Crippen LogP contribution in [0.1, 0.15) is 31.4 Å². The lowest BCUT2D eigenvalue weighted by Crippen LogP contribution is -2.40. The second kappa shape index (κ2) is 4.94. The van der Waals surface area contributed by atoms with Gasteiger partial charge >= 0.3 is 0 Å². The molecule has 1 unspecified atom stereocenters. The van der Waals surface area contributed by atoms with E-state index in [4.69, 9.17) is 0 Å². The minimum absolute atomic E-state index is 0.813. The summed E-state index contributed by atoms with van der Waals surface area (Å²) < 4.78 is 0. The van der Waals surface area contributed by atoms with Gasteiger partial charge in [0.1, 0.15) is 0 Å². The number of aromatic nitrogens is 1. The van der Waals surface area contributed by atoms with Gasteiger partial charge in [-0.25, -0.2) is 4.98 Å². The van der Waals surface area contributed by atoms with E-state index in [9.17, 15) is 0 Å². The summed E-state index contributed by atoms with van der Waals surface area (Å²) in [6.45, 7) is 5.65. The van der Waals surface area contributed by atoms with E-state index in [1.165, 1.54) is 50.4 Å². The lowest BCUT2D eigenvalue weighted by Gasteiger charge is -2.32. The second-order valence-corrected chi connectivity index (χ2v) is 6.24. The van der Waals surface area contributed by atoms with Crippen LogP contribution in [0.4, 0.5) is 5.13 Å². The van der Waals surface area contributed by atoms with Crippen LogP contribution < -0.4 is 10.2 Å². The highest BCUT2D eigenvalue weighted by atomic mass is 32.1. The van der Waals surface area contributed by atoms with E-state index < -0.39 is 0 Å². The zero-order valence-electron chi connectivity index (χ0n) is 10.5. The van der Waals surface area contributed by atoms with Gasteiger partial charge in [0.25, 0.3) is 0 Å². The zero-order valence-corrected chi connectivity index (χ0v) is 11.3. The summed E-state index contributed by atoms with van der Waals surface area (Å²) in [5, 5.41) is 7.03. The van der Waals surface area contributed by atoms with Gasteiger partial charge in [-0.1, -0.05) is 0 Å². The van der Waals surface area contributed by atoms with Gasteiger partial charge in [-0.15, -0.1) is 11.3 Å². The third-order valence-corrected chi connectivity index (χ3v) is 4.69. The maximum atomic E-state index is 4.60. The number of hydrogen-bond acceptors (Lipinski definition) is 4. The Hall–Kier alpha value is -0.610. The Morgan fingerprint density at radius 2 is 2.35 bits per heavy atom. The van der Waals surface area contributed by atoms with E-state index >= 15 is 0 Å². The molecule has 1 aliphatic heterocycles. The van der Waals surface area contributed by atoms with Crippen molar-refractivity contribution in [2.45, 2.75) is 38.6 Å². The summed E-state index contributed by atoms with van der Waals surface area (Å²) in [5.74, 6) is 0.813. The average molecular weight is 251 g/mol. The van der Waals surface area contributed by atoms with Gasteiger partial charge in [0, 0.05) is 24.5 Å². The lowest BCUT2D eigenvalue weighted by atomic mass is 9.98. The Labute approximate surface area is 107 Å². The van der Waals surface area contributed by atoms with Crippen molar-refractivity contribution in [1.82, 2.24) is 10.3 Å². The van der Waals surface area contributed by atoms with E-state index in [0.717, 1.165) is 17.7 Å². The minimum atomic E-state index is 0.813. The van der Waals surface area contributed by atoms with Crippen molar-refractivity contribution in [3.05, 3.63) is 11.1 Å². The summed E-state index contributed by atoms with van der Waals surface area (Å²) >= 11 is 1.79. The largest absolute Gasteiger partial charge is 0.348 e. The quantitative estimate of drug-likeness (QED) is 0.891. The third kappa shape index (κ3) is 2.99. The third-order valence-electron chi connectivity index (χ3n) is 3.67. The normalized spacial score (nSPS) is 25.2. The van der Waals surface area contributed by atoms with Crippen LogP contribution in [0.2, 0.25) is 0 Å². The fraction of sp³-hybridized carbons (Fsp3) is 0.769. The van der Waals surface area contributed by atoms with Crippen LogP contribution in [0.3, 0.4) is 0 Å². The van der Waals surface area contributed by atoms with Crippen LogP contribution in [0.5, 0.6) is 0 Å². The van der Waals surface area contributed by atoms with Crippen molar-refractivity contribution in [3.63, 3.8) is 0 Å². The minimum Gasteiger partial charge on any atom is -0.348 e. The standard InChI is InChI=1S/C13H21N3S/c1-10-9-17-13(15-10)16-6-2-3-11(8-16)7-14-12-4-5-12/h9,11-12,14H,2-8H2,1H3. The molecular weight excluding hydrogens is 230 g/mol. The summed E-state index contributed by atoms with van der Waals surface area (Å²) in [7, 11) is 0. The maximum absolute atomic E-state index is 4.60. The summed E-state index contributed by atoms with van der Waals surface area (Å²) in [5.41, 5.74) is 1.16. The number of anilines is 1. The first kappa shape index (κ1) is 11.5. The monoisotopic (exact) mass is 251 g/mol. The molecule has 4 heteroatoms. The highest BCUT2D eigenvalue weighted by molar-refractivity contribution is 7.13. The van der Waals surface area contributed by atoms with E-state index in [1.54, 1.807) is 11.3 Å². The van der Waals surface area contributed by atoms with Gasteiger partial charge in [-0.3, -0.25) is 0 Å². The molecule has 1 aromatic rings. The molecule has 17 heavy (non-hydrogen) atoms. The van der Waals surface area contributed by atoms with Gasteiger partial charge < -0.3 is 10.2 Å². The van der Waals surface area contributed by atoms with E-state index in [-0.39, 0.29) is 0 Å². The van der Waals surface area contributed by atoms with Gasteiger partial charge in [-0.2, -0.15) is 0 Å². The van der Waals surface area contributed by atoms with Crippen molar-refractivity contribution >= 4 is 16.5 Å². The first-order valence-corrected chi connectivity index (χ1v) is 7.59. The topological polar surface area (TPSA) is 28.2 Å². The molecule has 1 saturated carbocycles. The van der Waals surface area contributed by atoms with Crippen LogP contribution in [0.15, 0.2) is 5.38 Å². The van der Waals surface area contributed by atoms with Gasteiger partial charge in [0.05, 0.1) is 5.69 Å². The molecule has 3 nitrogen and oxygen atoms in total. The highest BCUT2D eigenvalue weighted by Crippen LogP contribution is 2.26. The van der Waals surface area contributed by atoms with Crippen LogP contribution in [-0.2, 0) is 0 Å². The Bertz CT molecular complexity index is 372. The number of hydrogen-bond donors (Lipinski definition) is 1. The first-order valence-electron chi connectivity index (χ1n) is 6.72. The van der Waals surface area contributed by atoms with Crippen molar-refractivity contribution in [2.75, 3.05) is 24.5 Å². The van der Waals surface area contributed by atoms with Gasteiger partial charge in [0.2, 0.25) is 0 Å². The highest BCUT2D eigenvalue weighted by Gasteiger charge is 2.25. The number of thiazole rings is 1. The van der Waals surface area contributed by atoms with Crippen molar-refractivity contribution in [3.8, 4) is 0 Å². The second-order valence-electron chi connectivity index (χ2n) is 5.41. The number of aryl methyl sites for hydroxylation is 1. The molecule has 2 aliphatic rings. The Morgan fingerprint density at radius 1 is 1.47 bits per heavy atom. The summed E-state index contributed by atoms with van der Waals surface area (Å²) in [6, 6.07) is 0.840. The molecule has 0 amide bonds. The molecule has 2 heterocycles. The predicted molar refractivity (Wildman–Crippen MR) is 72.8 cm³/mol. The first-order chi connectivity index (χ1) is 8.31. The summed E-state index contributed by atoms with van der Waals surface area (Å²) in [6.07, 6.45) is 5.47. The molecular formula is C13H21N3S. The number of nitrogens with one attached hydrogen (secondary N) is 1. The van der Waals surface area contributed by atoms with E-state index in [1.807, 2.05) is 0 Å². The molecule has 3 rings (SSSR count). The van der Waals surface area contributed by atoms with Crippen molar-refractivity contribution < 1.29 is 0 Å². The average Bonchev–Trinajstić information content (AvgIpc) is 3.08.